The molecule has 0 radical (unpaired) electrons. The van der Waals surface area contributed by atoms with Crippen LogP contribution in [0.4, 0.5) is 0 Å². The van der Waals surface area contributed by atoms with Gasteiger partial charge < -0.3 is 9.84 Å². The zero-order valence-electron chi connectivity index (χ0n) is 10.0. The van der Waals surface area contributed by atoms with Gasteiger partial charge in [0.25, 0.3) is 0 Å². The van der Waals surface area contributed by atoms with Gasteiger partial charge in [0.1, 0.15) is 11.5 Å². The van der Waals surface area contributed by atoms with Crippen molar-refractivity contribution in [3.63, 3.8) is 0 Å². The molecule has 0 amide bonds. The lowest BCUT2D eigenvalue weighted by Crippen LogP contribution is -1.91. The normalized spacial score (nSPS) is 10.7. The average molecular weight is 307 g/mol. The number of hydrogen-bond acceptors (Lipinski definition) is 4. The Morgan fingerprint density at radius 2 is 1.85 bits per heavy atom. The molecule has 0 aliphatic heterocycles. The maximum Gasteiger partial charge on any atom is 0.238 e. The summed E-state index contributed by atoms with van der Waals surface area (Å²) in [6.45, 7) is 0. The molecule has 2 aromatic carbocycles. The van der Waals surface area contributed by atoms with E-state index in [-0.39, 0.29) is 10.8 Å². The molecule has 1 N–H and O–H groups in total. The molecule has 0 spiro atoms. The van der Waals surface area contributed by atoms with Gasteiger partial charge in [-0.1, -0.05) is 23.2 Å². The van der Waals surface area contributed by atoms with Crippen LogP contribution in [-0.4, -0.2) is 15.1 Å². The van der Waals surface area contributed by atoms with E-state index in [0.717, 1.165) is 0 Å². The second kappa shape index (κ2) is 5.15. The molecule has 100 valence electrons. The van der Waals surface area contributed by atoms with E-state index in [9.17, 15) is 5.11 Å². The van der Waals surface area contributed by atoms with Crippen molar-refractivity contribution in [3.05, 3.63) is 52.6 Å². The number of aromatic hydroxyl groups is 1. The lowest BCUT2D eigenvalue weighted by atomic mass is 10.3. The Morgan fingerprint density at radius 3 is 2.65 bits per heavy atom. The topological polar surface area (TPSA) is 55.2 Å². The Labute approximate surface area is 124 Å². The van der Waals surface area contributed by atoms with Crippen LogP contribution in [0.5, 0.6) is 17.4 Å². The van der Waals surface area contributed by atoms with Crippen LogP contribution in [0.1, 0.15) is 0 Å². The van der Waals surface area contributed by atoms with Crippen LogP contribution in [0, 0.1) is 0 Å². The quantitative estimate of drug-likeness (QED) is 0.760. The van der Waals surface area contributed by atoms with Gasteiger partial charge in [-0.15, -0.1) is 0 Å². The highest BCUT2D eigenvalue weighted by Gasteiger charge is 2.05. The summed E-state index contributed by atoms with van der Waals surface area (Å²) in [5.41, 5.74) is 1.36. The monoisotopic (exact) mass is 306 g/mol. The third-order valence-corrected chi connectivity index (χ3v) is 3.18. The van der Waals surface area contributed by atoms with Crippen molar-refractivity contribution >= 4 is 34.2 Å². The highest BCUT2D eigenvalue weighted by atomic mass is 35.5. The number of ether oxygens (including phenoxy) is 1. The molecule has 6 heteroatoms. The van der Waals surface area contributed by atoms with Gasteiger partial charge in [-0.3, -0.25) is 0 Å². The van der Waals surface area contributed by atoms with E-state index < -0.39 is 0 Å². The number of aromatic nitrogens is 2. The van der Waals surface area contributed by atoms with Gasteiger partial charge in [0.05, 0.1) is 22.3 Å². The smallest absolute Gasteiger partial charge is 0.238 e. The SMILES string of the molecule is Oc1cc(Oc2cnc3cc(Cl)ccc3n2)ccc1Cl. The van der Waals surface area contributed by atoms with Crippen molar-refractivity contribution < 1.29 is 9.84 Å². The molecular formula is C14H8Cl2N2O2. The summed E-state index contributed by atoms with van der Waals surface area (Å²) in [6.07, 6.45) is 1.49. The molecule has 0 saturated heterocycles. The number of benzene rings is 2. The fraction of sp³-hybridized carbons (Fsp3) is 0. The maximum atomic E-state index is 9.52. The Morgan fingerprint density at radius 1 is 1.00 bits per heavy atom. The molecular weight excluding hydrogens is 299 g/mol. The van der Waals surface area contributed by atoms with Crippen molar-refractivity contribution in [1.82, 2.24) is 9.97 Å². The minimum atomic E-state index is -0.0512. The van der Waals surface area contributed by atoms with E-state index in [1.165, 1.54) is 12.3 Å². The molecule has 0 unspecified atom stereocenters. The van der Waals surface area contributed by atoms with Gasteiger partial charge in [0.2, 0.25) is 5.88 Å². The molecule has 4 nitrogen and oxygen atoms in total. The Hall–Kier alpha value is -2.04. The first kappa shape index (κ1) is 13.0. The van der Waals surface area contributed by atoms with Crippen LogP contribution in [0.3, 0.4) is 0 Å². The Balaban J connectivity index is 1.94. The van der Waals surface area contributed by atoms with Crippen LogP contribution >= 0.6 is 23.2 Å². The van der Waals surface area contributed by atoms with Crippen molar-refractivity contribution in [3.8, 4) is 17.4 Å². The third-order valence-electron chi connectivity index (χ3n) is 2.62. The number of halogens is 2. The summed E-state index contributed by atoms with van der Waals surface area (Å²) in [5.74, 6) is 0.695. The zero-order chi connectivity index (χ0) is 14.1. The van der Waals surface area contributed by atoms with E-state index in [4.69, 9.17) is 27.9 Å². The standard InChI is InChI=1S/C14H8Cl2N2O2/c15-8-1-4-11-12(5-8)17-7-14(18-11)20-9-2-3-10(16)13(19)6-9/h1-7,19H. The van der Waals surface area contributed by atoms with Crippen molar-refractivity contribution in [2.75, 3.05) is 0 Å². The molecule has 1 aromatic heterocycles. The van der Waals surface area contributed by atoms with E-state index in [0.29, 0.717) is 27.7 Å². The Kier molecular flexibility index (Phi) is 3.34. The maximum absolute atomic E-state index is 9.52. The van der Waals surface area contributed by atoms with Crippen molar-refractivity contribution in [2.45, 2.75) is 0 Å². The number of rotatable bonds is 2. The highest BCUT2D eigenvalue weighted by molar-refractivity contribution is 6.32. The average Bonchev–Trinajstić information content (AvgIpc) is 2.43. The van der Waals surface area contributed by atoms with Crippen LogP contribution < -0.4 is 4.74 Å². The van der Waals surface area contributed by atoms with Crippen LogP contribution in [0.2, 0.25) is 10.0 Å². The van der Waals surface area contributed by atoms with E-state index in [2.05, 4.69) is 9.97 Å². The molecule has 0 fully saturated rings. The van der Waals surface area contributed by atoms with Gasteiger partial charge in [-0.25, -0.2) is 9.97 Å². The minimum Gasteiger partial charge on any atom is -0.506 e. The molecule has 20 heavy (non-hydrogen) atoms. The highest BCUT2D eigenvalue weighted by Crippen LogP contribution is 2.30. The molecule has 3 aromatic rings. The fourth-order valence-corrected chi connectivity index (χ4v) is 1.98. The van der Waals surface area contributed by atoms with Crippen LogP contribution in [0.25, 0.3) is 11.0 Å². The number of fused-ring (bicyclic) bond motifs is 1. The van der Waals surface area contributed by atoms with Crippen LogP contribution in [-0.2, 0) is 0 Å². The summed E-state index contributed by atoms with van der Waals surface area (Å²) in [6, 6.07) is 9.81. The molecule has 3 rings (SSSR count). The second-order valence-corrected chi connectivity index (χ2v) is 4.90. The molecule has 0 bridgehead atoms. The largest absolute Gasteiger partial charge is 0.506 e. The molecule has 0 aliphatic carbocycles. The Bertz CT molecular complexity index is 793. The predicted molar refractivity (Wildman–Crippen MR) is 77.7 cm³/mol. The number of phenols is 1. The van der Waals surface area contributed by atoms with Gasteiger partial charge in [-0.05, 0) is 30.3 Å². The minimum absolute atomic E-state index is 0.0512. The van der Waals surface area contributed by atoms with Gasteiger partial charge in [0.15, 0.2) is 0 Å². The molecule has 1 heterocycles. The summed E-state index contributed by atoms with van der Waals surface area (Å²) >= 11 is 11.6. The first-order valence-electron chi connectivity index (χ1n) is 5.70. The zero-order valence-corrected chi connectivity index (χ0v) is 11.6. The molecule has 0 aliphatic rings. The second-order valence-electron chi connectivity index (χ2n) is 4.06. The molecule has 0 saturated carbocycles. The third kappa shape index (κ3) is 2.61. The summed E-state index contributed by atoms with van der Waals surface area (Å²) in [4.78, 5) is 8.52. The summed E-state index contributed by atoms with van der Waals surface area (Å²) in [7, 11) is 0. The lowest BCUT2D eigenvalue weighted by Gasteiger charge is -2.06. The lowest BCUT2D eigenvalue weighted by molar-refractivity contribution is 0.445. The summed E-state index contributed by atoms with van der Waals surface area (Å²) in [5, 5.41) is 10.4. The van der Waals surface area contributed by atoms with Gasteiger partial charge in [0, 0.05) is 11.1 Å². The van der Waals surface area contributed by atoms with E-state index in [1.807, 2.05) is 0 Å². The van der Waals surface area contributed by atoms with Crippen LogP contribution in [0.15, 0.2) is 42.6 Å². The first-order valence-corrected chi connectivity index (χ1v) is 6.46. The number of phenolic OH excluding ortho intramolecular Hbond substituents is 1. The van der Waals surface area contributed by atoms with Crippen molar-refractivity contribution in [2.24, 2.45) is 0 Å². The molecule has 0 atom stereocenters. The van der Waals surface area contributed by atoms with Gasteiger partial charge in [-0.2, -0.15) is 0 Å². The predicted octanol–water partition coefficient (Wildman–Crippen LogP) is 4.43. The first-order chi connectivity index (χ1) is 9.61. The van der Waals surface area contributed by atoms with E-state index >= 15 is 0 Å². The number of nitrogens with zero attached hydrogens (tertiary/aromatic N) is 2. The number of hydrogen-bond donors (Lipinski definition) is 1. The summed E-state index contributed by atoms with van der Waals surface area (Å²) < 4.78 is 5.53. The van der Waals surface area contributed by atoms with E-state index in [1.54, 1.807) is 30.3 Å². The van der Waals surface area contributed by atoms with Gasteiger partial charge >= 0.3 is 0 Å². The fourth-order valence-electron chi connectivity index (χ4n) is 1.69. The van der Waals surface area contributed by atoms with Crippen molar-refractivity contribution in [1.29, 1.82) is 0 Å².